The topological polar surface area (TPSA) is 97.2 Å². The predicted molar refractivity (Wildman–Crippen MR) is 92.7 cm³/mol. The molecule has 1 saturated carbocycles. The molecule has 1 aliphatic rings. The van der Waals surface area contributed by atoms with Crippen LogP contribution in [-0.2, 0) is 4.74 Å². The van der Waals surface area contributed by atoms with Crippen LogP contribution in [0.15, 0.2) is 18.5 Å². The van der Waals surface area contributed by atoms with Gasteiger partial charge < -0.3 is 15.0 Å². The molecular weight excluding hydrogens is 358 g/mol. The summed E-state index contributed by atoms with van der Waals surface area (Å²) in [6, 6.07) is 1.92. The van der Waals surface area contributed by atoms with E-state index in [0.29, 0.717) is 18.5 Å². The normalized spacial score (nSPS) is 22.7. The lowest BCUT2D eigenvalue weighted by Crippen LogP contribution is -2.31. The maximum Gasteiger partial charge on any atom is 0.407 e. The Morgan fingerprint density at radius 3 is 3.07 bits per heavy atom. The van der Waals surface area contributed by atoms with E-state index in [0.717, 1.165) is 23.4 Å². The molecule has 0 unspecified atom stereocenters. The lowest BCUT2D eigenvalue weighted by Gasteiger charge is -2.15. The number of hydrogen-bond acceptors (Lipinski definition) is 5. The van der Waals surface area contributed by atoms with Crippen LogP contribution in [0, 0.1) is 5.92 Å². The average molecular weight is 378 g/mol. The number of alkyl carbamates (subject to hydrolysis) is 1. The highest BCUT2D eigenvalue weighted by molar-refractivity contribution is 5.74. The molecule has 0 aliphatic heterocycles. The van der Waals surface area contributed by atoms with Crippen LogP contribution in [0.5, 0.6) is 0 Å². The van der Waals surface area contributed by atoms with Crippen molar-refractivity contribution >= 4 is 22.9 Å². The van der Waals surface area contributed by atoms with Crippen molar-refractivity contribution in [3.05, 3.63) is 24.3 Å². The lowest BCUT2D eigenvalue weighted by molar-refractivity contribution is 0.0873. The van der Waals surface area contributed by atoms with Gasteiger partial charge in [0.1, 0.15) is 11.9 Å². The Morgan fingerprint density at radius 1 is 1.44 bits per heavy atom. The maximum absolute atomic E-state index is 12.2. The monoisotopic (exact) mass is 378 g/mol. The standard InChI is InChI=1S/C17H20F2N6O2/c1-2-9-5-10(27-17(26)22-7-13(18)19)6-11(9)16-24-23-14-8-21-15-12(25(14)16)3-4-20-15/h3-4,8-11,13,20H,2,5-7H2,1H3,(H,22,26)/t9-,10+,11+/m1/s1. The van der Waals surface area contributed by atoms with Gasteiger partial charge in [-0.15, -0.1) is 10.2 Å². The van der Waals surface area contributed by atoms with Crippen LogP contribution in [0.4, 0.5) is 13.6 Å². The molecule has 3 atom stereocenters. The zero-order valence-corrected chi connectivity index (χ0v) is 14.7. The van der Waals surface area contributed by atoms with E-state index in [2.05, 4.69) is 32.4 Å². The zero-order chi connectivity index (χ0) is 19.0. The molecule has 0 spiro atoms. The number of rotatable bonds is 5. The van der Waals surface area contributed by atoms with Gasteiger partial charge in [0.2, 0.25) is 0 Å². The number of carbonyl (C=O) groups is 1. The van der Waals surface area contributed by atoms with Crippen LogP contribution in [0.2, 0.25) is 0 Å². The van der Waals surface area contributed by atoms with Crippen molar-refractivity contribution < 1.29 is 18.3 Å². The van der Waals surface area contributed by atoms with E-state index in [1.54, 1.807) is 6.20 Å². The second-order valence-corrected chi connectivity index (χ2v) is 6.77. The van der Waals surface area contributed by atoms with E-state index in [4.69, 9.17) is 4.74 Å². The van der Waals surface area contributed by atoms with Crippen molar-refractivity contribution in [2.45, 2.75) is 44.6 Å². The van der Waals surface area contributed by atoms with Gasteiger partial charge >= 0.3 is 6.09 Å². The van der Waals surface area contributed by atoms with Crippen LogP contribution >= 0.6 is 0 Å². The number of halogens is 2. The van der Waals surface area contributed by atoms with Crippen molar-refractivity contribution in [1.82, 2.24) is 29.9 Å². The van der Waals surface area contributed by atoms with E-state index < -0.39 is 19.1 Å². The fraction of sp³-hybridized carbons (Fsp3) is 0.529. The number of fused-ring (bicyclic) bond motifs is 3. The summed E-state index contributed by atoms with van der Waals surface area (Å²) in [5.41, 5.74) is 2.29. The highest BCUT2D eigenvalue weighted by atomic mass is 19.3. The minimum absolute atomic E-state index is 0.0541. The first-order chi connectivity index (χ1) is 13.1. The number of H-pyrrole nitrogens is 1. The molecule has 27 heavy (non-hydrogen) atoms. The molecule has 1 aliphatic carbocycles. The smallest absolute Gasteiger partial charge is 0.407 e. The Kier molecular flexibility index (Phi) is 4.63. The van der Waals surface area contributed by atoms with E-state index in [1.807, 2.05) is 16.7 Å². The van der Waals surface area contributed by atoms with Crippen LogP contribution in [0.1, 0.15) is 37.9 Å². The number of nitrogens with zero attached hydrogens (tertiary/aromatic N) is 4. The molecule has 3 aromatic rings. The first-order valence-corrected chi connectivity index (χ1v) is 8.96. The summed E-state index contributed by atoms with van der Waals surface area (Å²) in [5.74, 6) is 1.12. The van der Waals surface area contributed by atoms with E-state index in [-0.39, 0.29) is 17.9 Å². The number of nitrogens with one attached hydrogen (secondary N) is 2. The summed E-state index contributed by atoms with van der Waals surface area (Å²) in [5, 5.41) is 10.7. The highest BCUT2D eigenvalue weighted by Crippen LogP contribution is 2.42. The molecule has 1 amide bonds. The number of amides is 1. The molecule has 8 nitrogen and oxygen atoms in total. The minimum Gasteiger partial charge on any atom is -0.446 e. The molecule has 0 bridgehead atoms. The van der Waals surface area contributed by atoms with Gasteiger partial charge in [-0.05, 0) is 24.8 Å². The molecule has 10 heteroatoms. The number of aromatic nitrogens is 5. The van der Waals surface area contributed by atoms with Crippen molar-refractivity contribution in [1.29, 1.82) is 0 Å². The lowest BCUT2D eigenvalue weighted by atomic mass is 9.93. The van der Waals surface area contributed by atoms with Crippen LogP contribution in [-0.4, -0.2) is 49.7 Å². The van der Waals surface area contributed by atoms with E-state index in [9.17, 15) is 13.6 Å². The Bertz CT molecular complexity index is 955. The number of aromatic amines is 1. The summed E-state index contributed by atoms with van der Waals surface area (Å²) in [4.78, 5) is 19.1. The first-order valence-electron chi connectivity index (χ1n) is 8.96. The third-order valence-corrected chi connectivity index (χ3v) is 5.15. The minimum atomic E-state index is -2.60. The fourth-order valence-electron chi connectivity index (χ4n) is 3.93. The SMILES string of the molecule is CC[C@@H]1C[C@H](OC(=O)NCC(F)F)C[C@@H]1c1nnc2cnc3[nH]ccc3n12. The Morgan fingerprint density at radius 2 is 2.30 bits per heavy atom. The number of ether oxygens (including phenoxy) is 1. The van der Waals surface area contributed by atoms with Gasteiger partial charge in [-0.25, -0.2) is 18.6 Å². The number of alkyl halides is 2. The quantitative estimate of drug-likeness (QED) is 0.712. The third kappa shape index (κ3) is 3.31. The highest BCUT2D eigenvalue weighted by Gasteiger charge is 2.39. The van der Waals surface area contributed by atoms with Gasteiger partial charge in [0.15, 0.2) is 11.3 Å². The van der Waals surface area contributed by atoms with Crippen molar-refractivity contribution in [3.63, 3.8) is 0 Å². The maximum atomic E-state index is 12.2. The second kappa shape index (κ2) is 7.09. The Labute approximate surface area is 153 Å². The summed E-state index contributed by atoms with van der Waals surface area (Å²) in [6.45, 7) is 1.37. The molecule has 1 fully saturated rings. The fourth-order valence-corrected chi connectivity index (χ4v) is 3.93. The average Bonchev–Trinajstić information content (AvgIpc) is 3.35. The molecule has 2 N–H and O–H groups in total. The Balaban J connectivity index is 1.57. The van der Waals surface area contributed by atoms with Crippen LogP contribution in [0.3, 0.4) is 0 Å². The van der Waals surface area contributed by atoms with Crippen molar-refractivity contribution in [2.24, 2.45) is 5.92 Å². The summed E-state index contributed by atoms with van der Waals surface area (Å²) < 4.78 is 31.8. The van der Waals surface area contributed by atoms with E-state index in [1.165, 1.54) is 0 Å². The summed E-state index contributed by atoms with van der Waals surface area (Å²) in [6.07, 6.45) is 1.86. The first kappa shape index (κ1) is 17.6. The summed E-state index contributed by atoms with van der Waals surface area (Å²) in [7, 11) is 0. The predicted octanol–water partition coefficient (Wildman–Crippen LogP) is 2.87. The largest absolute Gasteiger partial charge is 0.446 e. The molecule has 0 radical (unpaired) electrons. The van der Waals surface area contributed by atoms with Crippen molar-refractivity contribution in [2.75, 3.05) is 6.54 Å². The van der Waals surface area contributed by atoms with Crippen molar-refractivity contribution in [3.8, 4) is 0 Å². The van der Waals surface area contributed by atoms with Crippen LogP contribution in [0.25, 0.3) is 16.8 Å². The van der Waals surface area contributed by atoms with Gasteiger partial charge in [-0.3, -0.25) is 4.40 Å². The molecule has 3 heterocycles. The molecule has 0 aromatic carbocycles. The number of carbonyl (C=O) groups excluding carboxylic acids is 1. The number of hydrogen-bond donors (Lipinski definition) is 2. The van der Waals surface area contributed by atoms with Gasteiger partial charge in [-0.2, -0.15) is 0 Å². The van der Waals surface area contributed by atoms with Crippen LogP contribution < -0.4 is 5.32 Å². The molecule has 0 saturated heterocycles. The third-order valence-electron chi connectivity index (χ3n) is 5.15. The Hall–Kier alpha value is -2.78. The van der Waals surface area contributed by atoms with E-state index >= 15 is 0 Å². The van der Waals surface area contributed by atoms with Gasteiger partial charge in [0.05, 0.1) is 18.3 Å². The van der Waals surface area contributed by atoms with Gasteiger partial charge in [0, 0.05) is 12.1 Å². The molecule has 4 rings (SSSR count). The van der Waals surface area contributed by atoms with Gasteiger partial charge in [-0.1, -0.05) is 13.3 Å². The zero-order valence-electron chi connectivity index (χ0n) is 14.7. The molecule has 3 aromatic heterocycles. The summed E-state index contributed by atoms with van der Waals surface area (Å²) >= 11 is 0. The molecular formula is C17H20F2N6O2. The van der Waals surface area contributed by atoms with Gasteiger partial charge in [0.25, 0.3) is 6.43 Å². The second-order valence-electron chi connectivity index (χ2n) is 6.77. The molecule has 144 valence electrons.